The Hall–Kier alpha value is -1.23. The summed E-state index contributed by atoms with van der Waals surface area (Å²) in [7, 11) is 4.12. The molecule has 0 saturated carbocycles. The molecule has 1 unspecified atom stereocenters. The van der Waals surface area contributed by atoms with Gasteiger partial charge >= 0.3 is 0 Å². The first-order valence-electron chi connectivity index (χ1n) is 6.35. The first-order valence-corrected chi connectivity index (χ1v) is 7.43. The predicted molar refractivity (Wildman–Crippen MR) is 92.0 cm³/mol. The second kappa shape index (κ2) is 6.28. The molecule has 2 aromatic carbocycles. The lowest BCUT2D eigenvalue weighted by atomic mass is 10.1. The van der Waals surface area contributed by atoms with Crippen molar-refractivity contribution in [2.75, 3.05) is 24.3 Å². The van der Waals surface area contributed by atoms with Gasteiger partial charge in [-0.2, -0.15) is 0 Å². The summed E-state index contributed by atoms with van der Waals surface area (Å²) in [4.78, 5) is 2.11. The van der Waals surface area contributed by atoms with E-state index in [4.69, 9.17) is 0 Å². The Morgan fingerprint density at radius 3 is 2.32 bits per heavy atom. The van der Waals surface area contributed by atoms with E-state index >= 15 is 0 Å². The van der Waals surface area contributed by atoms with E-state index in [0.717, 1.165) is 5.69 Å². The summed E-state index contributed by atoms with van der Waals surface area (Å²) in [6.07, 6.45) is 0. The maximum atomic E-state index is 3.53. The molecule has 0 spiro atoms. The summed E-state index contributed by atoms with van der Waals surface area (Å²) < 4.78 is 1.25. The number of benzene rings is 2. The molecule has 1 atom stereocenters. The highest BCUT2D eigenvalue weighted by atomic mass is 127. The maximum Gasteiger partial charge on any atom is 0.0485 e. The number of hydrogen-bond acceptors (Lipinski definition) is 2. The smallest absolute Gasteiger partial charge is 0.0485 e. The zero-order chi connectivity index (χ0) is 13.8. The second-order valence-corrected chi connectivity index (χ2v) is 6.11. The van der Waals surface area contributed by atoms with E-state index in [1.54, 1.807) is 0 Å². The number of nitrogens with one attached hydrogen (secondary N) is 1. The number of hydrogen-bond donors (Lipinski definition) is 1. The van der Waals surface area contributed by atoms with E-state index in [2.05, 4.69) is 102 Å². The highest BCUT2D eigenvalue weighted by Gasteiger charge is 2.05. The largest absolute Gasteiger partial charge is 0.378 e. The van der Waals surface area contributed by atoms with Gasteiger partial charge in [0.1, 0.15) is 0 Å². The Morgan fingerprint density at radius 1 is 1.05 bits per heavy atom. The Bertz CT molecular complexity index is 535. The molecule has 0 heterocycles. The van der Waals surface area contributed by atoms with Crippen molar-refractivity contribution in [2.45, 2.75) is 13.0 Å². The molecule has 2 aromatic rings. The molecule has 2 nitrogen and oxygen atoms in total. The molecule has 0 saturated heterocycles. The number of anilines is 2. The van der Waals surface area contributed by atoms with Crippen LogP contribution in [0, 0.1) is 3.57 Å². The van der Waals surface area contributed by atoms with Crippen LogP contribution in [0.1, 0.15) is 18.5 Å². The molecule has 1 N–H and O–H groups in total. The fraction of sp³-hybridized carbons (Fsp3) is 0.250. The second-order valence-electron chi connectivity index (χ2n) is 4.86. The van der Waals surface area contributed by atoms with Crippen LogP contribution < -0.4 is 10.2 Å². The number of halogens is 1. The van der Waals surface area contributed by atoms with Crippen LogP contribution in [0.25, 0.3) is 0 Å². The van der Waals surface area contributed by atoms with E-state index in [0.29, 0.717) is 6.04 Å². The fourth-order valence-electron chi connectivity index (χ4n) is 1.97. The maximum absolute atomic E-state index is 3.53. The van der Waals surface area contributed by atoms with E-state index < -0.39 is 0 Å². The SMILES string of the molecule is CC(Nc1cccc(I)c1)c1ccc(N(C)C)cc1. The third-order valence-electron chi connectivity index (χ3n) is 3.12. The lowest BCUT2D eigenvalue weighted by Crippen LogP contribution is -2.10. The van der Waals surface area contributed by atoms with Crippen molar-refractivity contribution in [1.29, 1.82) is 0 Å². The van der Waals surface area contributed by atoms with Crippen LogP contribution in [-0.4, -0.2) is 14.1 Å². The van der Waals surface area contributed by atoms with Gasteiger partial charge in [-0.1, -0.05) is 18.2 Å². The van der Waals surface area contributed by atoms with E-state index in [1.807, 2.05) is 0 Å². The van der Waals surface area contributed by atoms with Crippen molar-refractivity contribution < 1.29 is 0 Å². The third kappa shape index (κ3) is 3.86. The molecule has 0 bridgehead atoms. The number of rotatable bonds is 4. The normalized spacial score (nSPS) is 12.0. The highest BCUT2D eigenvalue weighted by molar-refractivity contribution is 14.1. The minimum absolute atomic E-state index is 0.300. The Labute approximate surface area is 129 Å². The van der Waals surface area contributed by atoms with Crippen molar-refractivity contribution in [3.8, 4) is 0 Å². The summed E-state index contributed by atoms with van der Waals surface area (Å²) in [6.45, 7) is 2.19. The molecule has 0 aliphatic heterocycles. The molecular weight excluding hydrogens is 347 g/mol. The van der Waals surface area contributed by atoms with Crippen LogP contribution in [0.3, 0.4) is 0 Å². The van der Waals surface area contributed by atoms with Crippen molar-refractivity contribution in [3.63, 3.8) is 0 Å². The summed E-state index contributed by atoms with van der Waals surface area (Å²) in [5, 5.41) is 3.53. The monoisotopic (exact) mass is 366 g/mol. The summed E-state index contributed by atoms with van der Waals surface area (Å²) >= 11 is 2.33. The molecule has 0 aliphatic carbocycles. The summed E-state index contributed by atoms with van der Waals surface area (Å²) in [5.41, 5.74) is 3.69. The molecule has 0 aromatic heterocycles. The van der Waals surface area contributed by atoms with Gasteiger partial charge in [-0.3, -0.25) is 0 Å². The van der Waals surface area contributed by atoms with E-state index in [1.165, 1.54) is 14.8 Å². The van der Waals surface area contributed by atoms with Gasteiger partial charge in [0.25, 0.3) is 0 Å². The van der Waals surface area contributed by atoms with Crippen molar-refractivity contribution in [1.82, 2.24) is 0 Å². The zero-order valence-corrected chi connectivity index (χ0v) is 13.7. The van der Waals surface area contributed by atoms with Gasteiger partial charge in [-0.15, -0.1) is 0 Å². The number of nitrogens with zero attached hydrogens (tertiary/aromatic N) is 1. The predicted octanol–water partition coefficient (Wildman–Crippen LogP) is 4.53. The molecule has 0 radical (unpaired) electrons. The molecule has 0 aliphatic rings. The van der Waals surface area contributed by atoms with Gasteiger partial charge in [-0.05, 0) is 65.4 Å². The van der Waals surface area contributed by atoms with Gasteiger partial charge in [0.2, 0.25) is 0 Å². The standard InChI is InChI=1S/C16H19IN2/c1-12(18-15-6-4-5-14(17)11-15)13-7-9-16(10-8-13)19(2)3/h4-12,18H,1-3H3. The van der Waals surface area contributed by atoms with Crippen molar-refractivity contribution in [3.05, 3.63) is 57.7 Å². The first-order chi connectivity index (χ1) is 9.06. The molecule has 0 amide bonds. The van der Waals surface area contributed by atoms with Gasteiger partial charge in [0.05, 0.1) is 0 Å². The van der Waals surface area contributed by atoms with Crippen LogP contribution in [0.4, 0.5) is 11.4 Å². The van der Waals surface area contributed by atoms with Crippen LogP contribution >= 0.6 is 22.6 Å². The summed E-state index contributed by atoms with van der Waals surface area (Å²) in [5.74, 6) is 0. The quantitative estimate of drug-likeness (QED) is 0.800. The van der Waals surface area contributed by atoms with Crippen molar-refractivity contribution in [2.24, 2.45) is 0 Å². The fourth-order valence-corrected chi connectivity index (χ4v) is 2.52. The molecule has 100 valence electrons. The van der Waals surface area contributed by atoms with E-state index in [9.17, 15) is 0 Å². The third-order valence-corrected chi connectivity index (χ3v) is 3.79. The molecule has 2 rings (SSSR count). The summed E-state index contributed by atoms with van der Waals surface area (Å²) in [6, 6.07) is 17.4. The Kier molecular flexibility index (Phi) is 4.69. The molecular formula is C16H19IN2. The Morgan fingerprint density at radius 2 is 1.74 bits per heavy atom. The minimum Gasteiger partial charge on any atom is -0.378 e. The lowest BCUT2D eigenvalue weighted by Gasteiger charge is -2.18. The van der Waals surface area contributed by atoms with Gasteiger partial charge < -0.3 is 10.2 Å². The van der Waals surface area contributed by atoms with Crippen molar-refractivity contribution >= 4 is 34.0 Å². The minimum atomic E-state index is 0.300. The first kappa shape index (κ1) is 14.2. The average Bonchev–Trinajstić information content (AvgIpc) is 2.39. The molecule has 3 heteroatoms. The van der Waals surface area contributed by atoms with Crippen LogP contribution in [0.15, 0.2) is 48.5 Å². The van der Waals surface area contributed by atoms with E-state index in [-0.39, 0.29) is 0 Å². The van der Waals surface area contributed by atoms with Crippen LogP contribution in [0.5, 0.6) is 0 Å². The average molecular weight is 366 g/mol. The molecule has 19 heavy (non-hydrogen) atoms. The van der Waals surface area contributed by atoms with Crippen LogP contribution in [-0.2, 0) is 0 Å². The zero-order valence-electron chi connectivity index (χ0n) is 11.5. The van der Waals surface area contributed by atoms with Gasteiger partial charge in [-0.25, -0.2) is 0 Å². The molecule has 0 fully saturated rings. The lowest BCUT2D eigenvalue weighted by molar-refractivity contribution is 0.884. The topological polar surface area (TPSA) is 15.3 Å². The van der Waals surface area contributed by atoms with Gasteiger partial charge in [0, 0.05) is 35.1 Å². The Balaban J connectivity index is 2.09. The highest BCUT2D eigenvalue weighted by Crippen LogP contribution is 2.22. The van der Waals surface area contributed by atoms with Crippen LogP contribution in [0.2, 0.25) is 0 Å². The van der Waals surface area contributed by atoms with Gasteiger partial charge in [0.15, 0.2) is 0 Å².